The van der Waals surface area contributed by atoms with E-state index in [2.05, 4.69) is 0 Å². The van der Waals surface area contributed by atoms with Crippen molar-refractivity contribution in [3.63, 3.8) is 0 Å². The molecule has 11 heavy (non-hydrogen) atoms. The van der Waals surface area contributed by atoms with Crippen LogP contribution in [0.3, 0.4) is 0 Å². The Kier molecular flexibility index (Phi) is 1.92. The van der Waals surface area contributed by atoms with Crippen LogP contribution in [0.2, 0.25) is 0 Å². The molecule has 0 amide bonds. The molecule has 2 atom stereocenters. The zero-order valence-electron chi connectivity index (χ0n) is 7.00. The molecule has 0 saturated heterocycles. The average Bonchev–Trinajstić information content (AvgIpc) is 2.61. The van der Waals surface area contributed by atoms with Crippen molar-refractivity contribution < 1.29 is 9.90 Å². The number of hydrogen-bond acceptors (Lipinski definition) is 2. The number of aliphatic carboxylic acids is 1. The number of carboxylic acid groups (broad SMARTS) is 1. The predicted molar refractivity (Wildman–Crippen MR) is 42.1 cm³/mol. The maximum Gasteiger partial charge on any atom is 0.310 e. The Morgan fingerprint density at radius 3 is 2.45 bits per heavy atom. The fourth-order valence-electron chi connectivity index (χ4n) is 1.86. The molecule has 0 aromatic heterocycles. The normalized spacial score (nSPS) is 35.8. The maximum atomic E-state index is 10.8. The van der Waals surface area contributed by atoms with Crippen molar-refractivity contribution in [2.24, 2.45) is 23.0 Å². The first-order valence-electron chi connectivity index (χ1n) is 3.99. The Bertz CT molecular complexity index is 179. The van der Waals surface area contributed by atoms with Gasteiger partial charge in [-0.25, -0.2) is 0 Å². The largest absolute Gasteiger partial charge is 0.481 e. The van der Waals surface area contributed by atoms with E-state index in [4.69, 9.17) is 10.8 Å². The number of hydrogen-bond donors (Lipinski definition) is 2. The van der Waals surface area contributed by atoms with Gasteiger partial charge in [-0.2, -0.15) is 0 Å². The van der Waals surface area contributed by atoms with Gasteiger partial charge in [0.15, 0.2) is 0 Å². The number of rotatable bonds is 3. The van der Waals surface area contributed by atoms with Crippen LogP contribution in [0.15, 0.2) is 0 Å². The van der Waals surface area contributed by atoms with Gasteiger partial charge in [0.2, 0.25) is 0 Å². The molecule has 0 bridgehead atoms. The molecule has 1 aliphatic carbocycles. The van der Waals surface area contributed by atoms with Gasteiger partial charge >= 0.3 is 5.97 Å². The summed E-state index contributed by atoms with van der Waals surface area (Å²) >= 11 is 0. The van der Waals surface area contributed by atoms with Crippen molar-refractivity contribution in [1.29, 1.82) is 0 Å². The zero-order valence-corrected chi connectivity index (χ0v) is 7.00. The highest BCUT2D eigenvalue weighted by atomic mass is 16.4. The van der Waals surface area contributed by atoms with Gasteiger partial charge in [0.25, 0.3) is 0 Å². The summed E-state index contributed by atoms with van der Waals surface area (Å²) in [5, 5.41) is 8.92. The molecular weight excluding hydrogens is 142 g/mol. The summed E-state index contributed by atoms with van der Waals surface area (Å²) in [6.07, 6.45) is 0.760. The summed E-state index contributed by atoms with van der Waals surface area (Å²) in [5.41, 5.74) is 4.93. The Hall–Kier alpha value is -0.570. The van der Waals surface area contributed by atoms with E-state index in [0.717, 1.165) is 6.42 Å². The van der Waals surface area contributed by atoms with E-state index in [1.807, 2.05) is 13.8 Å². The fourth-order valence-corrected chi connectivity index (χ4v) is 1.86. The van der Waals surface area contributed by atoms with E-state index >= 15 is 0 Å². The molecule has 0 spiro atoms. The van der Waals surface area contributed by atoms with Gasteiger partial charge < -0.3 is 10.8 Å². The van der Waals surface area contributed by atoms with Crippen LogP contribution < -0.4 is 5.73 Å². The topological polar surface area (TPSA) is 63.3 Å². The standard InChI is InChI=1S/C8H15NO2/c1-5(2)8(7(10)11)3-6(8)4-9/h5-6H,3-4,9H2,1-2H3,(H,10,11)/t6-,8+/m1/s1. The van der Waals surface area contributed by atoms with Crippen LogP contribution in [0.25, 0.3) is 0 Å². The van der Waals surface area contributed by atoms with Gasteiger partial charge in [0, 0.05) is 0 Å². The van der Waals surface area contributed by atoms with Crippen molar-refractivity contribution in [1.82, 2.24) is 0 Å². The quantitative estimate of drug-likeness (QED) is 0.633. The SMILES string of the molecule is CC(C)[C@@]1(C(=O)O)C[C@@H]1CN. The molecule has 1 rings (SSSR count). The van der Waals surface area contributed by atoms with E-state index in [-0.39, 0.29) is 11.8 Å². The van der Waals surface area contributed by atoms with Crippen LogP contribution in [-0.4, -0.2) is 17.6 Å². The van der Waals surface area contributed by atoms with Crippen LogP contribution >= 0.6 is 0 Å². The van der Waals surface area contributed by atoms with Gasteiger partial charge in [0.05, 0.1) is 5.41 Å². The Labute approximate surface area is 66.6 Å². The second-order valence-corrected chi connectivity index (χ2v) is 3.64. The lowest BCUT2D eigenvalue weighted by Gasteiger charge is -2.15. The zero-order chi connectivity index (χ0) is 8.65. The van der Waals surface area contributed by atoms with Crippen molar-refractivity contribution in [3.8, 4) is 0 Å². The lowest BCUT2D eigenvalue weighted by molar-refractivity contribution is -0.145. The molecule has 3 N–H and O–H groups in total. The smallest absolute Gasteiger partial charge is 0.310 e. The fraction of sp³-hybridized carbons (Fsp3) is 0.875. The first-order chi connectivity index (χ1) is 5.05. The molecule has 1 saturated carbocycles. The van der Waals surface area contributed by atoms with E-state index in [1.54, 1.807) is 0 Å². The Morgan fingerprint density at radius 2 is 2.36 bits per heavy atom. The summed E-state index contributed by atoms with van der Waals surface area (Å²) in [6.45, 7) is 4.40. The van der Waals surface area contributed by atoms with Gasteiger partial charge in [-0.1, -0.05) is 13.8 Å². The van der Waals surface area contributed by atoms with Crippen LogP contribution in [0, 0.1) is 17.3 Å². The minimum Gasteiger partial charge on any atom is -0.481 e. The third-order valence-electron chi connectivity index (χ3n) is 2.87. The summed E-state index contributed by atoms with van der Waals surface area (Å²) in [6, 6.07) is 0. The first kappa shape index (κ1) is 8.53. The first-order valence-corrected chi connectivity index (χ1v) is 3.99. The summed E-state index contributed by atoms with van der Waals surface area (Å²) in [7, 11) is 0. The second kappa shape index (κ2) is 2.48. The molecule has 1 aliphatic rings. The number of carboxylic acids is 1. The number of nitrogens with two attached hydrogens (primary N) is 1. The summed E-state index contributed by atoms with van der Waals surface area (Å²) in [5.74, 6) is -0.267. The van der Waals surface area contributed by atoms with Gasteiger partial charge in [0.1, 0.15) is 0 Å². The molecule has 0 aromatic carbocycles. The summed E-state index contributed by atoms with van der Waals surface area (Å²) in [4.78, 5) is 10.8. The monoisotopic (exact) mass is 157 g/mol. The Morgan fingerprint density at radius 1 is 1.82 bits per heavy atom. The van der Waals surface area contributed by atoms with Crippen LogP contribution in [0.4, 0.5) is 0 Å². The van der Waals surface area contributed by atoms with Crippen molar-refractivity contribution in [3.05, 3.63) is 0 Å². The van der Waals surface area contributed by atoms with E-state index in [0.29, 0.717) is 6.54 Å². The maximum absolute atomic E-state index is 10.8. The molecule has 0 aliphatic heterocycles. The molecule has 64 valence electrons. The van der Waals surface area contributed by atoms with Crippen LogP contribution in [-0.2, 0) is 4.79 Å². The highest BCUT2D eigenvalue weighted by Gasteiger charge is 2.61. The second-order valence-electron chi connectivity index (χ2n) is 3.64. The highest BCUT2D eigenvalue weighted by molar-refractivity contribution is 5.79. The minimum atomic E-state index is -0.678. The average molecular weight is 157 g/mol. The third-order valence-corrected chi connectivity index (χ3v) is 2.87. The molecule has 0 aromatic rings. The molecule has 1 fully saturated rings. The molecule has 3 heteroatoms. The van der Waals surface area contributed by atoms with E-state index in [1.165, 1.54) is 0 Å². The van der Waals surface area contributed by atoms with E-state index < -0.39 is 11.4 Å². The van der Waals surface area contributed by atoms with E-state index in [9.17, 15) is 4.79 Å². The molecule has 0 unspecified atom stereocenters. The summed E-state index contributed by atoms with van der Waals surface area (Å²) < 4.78 is 0. The predicted octanol–water partition coefficient (Wildman–Crippen LogP) is 0.692. The minimum absolute atomic E-state index is 0.202. The Balaban J connectivity index is 2.71. The molecule has 0 radical (unpaired) electrons. The highest BCUT2D eigenvalue weighted by Crippen LogP contribution is 2.57. The van der Waals surface area contributed by atoms with Gasteiger partial charge in [-0.3, -0.25) is 4.79 Å². The van der Waals surface area contributed by atoms with Gasteiger partial charge in [-0.15, -0.1) is 0 Å². The lowest BCUT2D eigenvalue weighted by atomic mass is 9.90. The lowest BCUT2D eigenvalue weighted by Crippen LogP contribution is -2.26. The van der Waals surface area contributed by atoms with Crippen LogP contribution in [0.1, 0.15) is 20.3 Å². The van der Waals surface area contributed by atoms with Crippen molar-refractivity contribution >= 4 is 5.97 Å². The molecule has 0 heterocycles. The molecule has 3 nitrogen and oxygen atoms in total. The van der Waals surface area contributed by atoms with Gasteiger partial charge in [-0.05, 0) is 24.8 Å². The van der Waals surface area contributed by atoms with Crippen molar-refractivity contribution in [2.75, 3.05) is 6.54 Å². The van der Waals surface area contributed by atoms with Crippen LogP contribution in [0.5, 0.6) is 0 Å². The molecular formula is C8H15NO2. The number of carbonyl (C=O) groups is 1. The van der Waals surface area contributed by atoms with Crippen molar-refractivity contribution in [2.45, 2.75) is 20.3 Å². The third kappa shape index (κ3) is 1.03.